The second-order valence-corrected chi connectivity index (χ2v) is 8.43. The van der Waals surface area contributed by atoms with E-state index >= 15 is 0 Å². The molecule has 1 aromatic heterocycles. The molecule has 0 atom stereocenters. The van der Waals surface area contributed by atoms with Crippen LogP contribution in [0.25, 0.3) is 0 Å². The summed E-state index contributed by atoms with van der Waals surface area (Å²) >= 11 is 0. The van der Waals surface area contributed by atoms with Gasteiger partial charge < -0.3 is 19.6 Å². The van der Waals surface area contributed by atoms with Gasteiger partial charge in [0.1, 0.15) is 12.1 Å². The van der Waals surface area contributed by atoms with Crippen molar-refractivity contribution >= 4 is 11.7 Å². The molecular weight excluding hydrogens is 340 g/mol. The zero-order chi connectivity index (χ0) is 18.8. The molecule has 0 radical (unpaired) electrons. The molecule has 0 bridgehead atoms. The maximum absolute atomic E-state index is 12.6. The highest BCUT2D eigenvalue weighted by Crippen LogP contribution is 2.30. The van der Waals surface area contributed by atoms with Crippen LogP contribution in [0.2, 0.25) is 0 Å². The van der Waals surface area contributed by atoms with Crippen LogP contribution in [0.4, 0.5) is 5.82 Å². The molecule has 2 fully saturated rings. The van der Waals surface area contributed by atoms with E-state index in [4.69, 9.17) is 0 Å². The first-order valence-electron chi connectivity index (χ1n) is 10.3. The summed E-state index contributed by atoms with van der Waals surface area (Å²) in [4.78, 5) is 30.9. The number of carbonyl (C=O) groups excluding carboxylic acids is 1. The summed E-state index contributed by atoms with van der Waals surface area (Å²) in [6, 6.07) is 0. The second-order valence-electron chi connectivity index (χ2n) is 8.43. The number of hydrogen-bond donors (Lipinski definition) is 0. The zero-order valence-electron chi connectivity index (χ0n) is 16.7. The van der Waals surface area contributed by atoms with Gasteiger partial charge in [0, 0.05) is 70.8 Å². The Kier molecular flexibility index (Phi) is 5.59. The number of nitrogens with zero attached hydrogens (tertiary/aromatic N) is 6. The Morgan fingerprint density at radius 1 is 1.00 bits per heavy atom. The quantitative estimate of drug-likeness (QED) is 0.784. The fourth-order valence-electron chi connectivity index (χ4n) is 4.51. The van der Waals surface area contributed by atoms with Crippen molar-refractivity contribution in [3.8, 4) is 0 Å². The number of fused-ring (bicyclic) bond motifs is 1. The molecule has 0 saturated carbocycles. The minimum atomic E-state index is 0.350. The van der Waals surface area contributed by atoms with Crippen LogP contribution in [0.15, 0.2) is 6.33 Å². The van der Waals surface area contributed by atoms with Gasteiger partial charge in [0.2, 0.25) is 5.91 Å². The number of carbonyl (C=O) groups is 1. The standard InChI is InChI=1S/C20H32N6O/c1-23-9-11-25(12-10-23)19(27)13-16-3-7-26(8-4-16)20-17-14-24(2)6-5-18(17)21-15-22-20/h15-16H,3-14H2,1-2H3. The number of rotatable bonds is 3. The first-order chi connectivity index (χ1) is 13.1. The van der Waals surface area contributed by atoms with Gasteiger partial charge in [-0.3, -0.25) is 4.79 Å². The molecule has 3 aliphatic rings. The van der Waals surface area contributed by atoms with Crippen molar-refractivity contribution < 1.29 is 4.79 Å². The molecule has 0 spiro atoms. The molecule has 0 unspecified atom stereocenters. The zero-order valence-corrected chi connectivity index (χ0v) is 16.7. The van der Waals surface area contributed by atoms with Crippen molar-refractivity contribution in [2.45, 2.75) is 32.2 Å². The molecule has 3 aliphatic heterocycles. The molecule has 4 rings (SSSR count). The van der Waals surface area contributed by atoms with Crippen LogP contribution in [0.1, 0.15) is 30.5 Å². The summed E-state index contributed by atoms with van der Waals surface area (Å²) in [7, 11) is 4.29. The van der Waals surface area contributed by atoms with Crippen LogP contribution in [0, 0.1) is 5.92 Å². The van der Waals surface area contributed by atoms with E-state index in [0.29, 0.717) is 18.2 Å². The highest BCUT2D eigenvalue weighted by molar-refractivity contribution is 5.76. The van der Waals surface area contributed by atoms with Crippen LogP contribution in [-0.4, -0.2) is 90.5 Å². The number of amides is 1. The summed E-state index contributed by atoms with van der Waals surface area (Å²) in [5, 5.41) is 0. The lowest BCUT2D eigenvalue weighted by Crippen LogP contribution is -2.48. The van der Waals surface area contributed by atoms with Gasteiger partial charge in [0.15, 0.2) is 0 Å². The summed E-state index contributed by atoms with van der Waals surface area (Å²) in [6.07, 6.45) is 5.60. The molecular formula is C20H32N6O. The Bertz CT molecular complexity index is 664. The fraction of sp³-hybridized carbons (Fsp3) is 0.750. The van der Waals surface area contributed by atoms with E-state index in [1.165, 1.54) is 11.3 Å². The number of aromatic nitrogens is 2. The normalized spacial score (nSPS) is 22.7. The molecule has 148 valence electrons. The minimum Gasteiger partial charge on any atom is -0.356 e. The fourth-order valence-corrected chi connectivity index (χ4v) is 4.51. The summed E-state index contributed by atoms with van der Waals surface area (Å²) in [6.45, 7) is 7.76. The number of likely N-dealkylation sites (N-methyl/N-ethyl adjacent to an activating group) is 2. The van der Waals surface area contributed by atoms with Gasteiger partial charge in [0.05, 0.1) is 5.69 Å². The number of hydrogen-bond acceptors (Lipinski definition) is 6. The average molecular weight is 373 g/mol. The molecule has 2 saturated heterocycles. The highest BCUT2D eigenvalue weighted by atomic mass is 16.2. The van der Waals surface area contributed by atoms with E-state index in [9.17, 15) is 4.79 Å². The first-order valence-corrected chi connectivity index (χ1v) is 10.3. The van der Waals surface area contributed by atoms with Crippen LogP contribution >= 0.6 is 0 Å². The molecule has 7 nitrogen and oxygen atoms in total. The highest BCUT2D eigenvalue weighted by Gasteiger charge is 2.28. The Hall–Kier alpha value is -1.73. The van der Waals surface area contributed by atoms with Gasteiger partial charge in [-0.15, -0.1) is 0 Å². The van der Waals surface area contributed by atoms with E-state index in [1.54, 1.807) is 6.33 Å². The molecule has 0 N–H and O–H groups in total. The SMILES string of the molecule is CN1CCN(C(=O)CC2CCN(c3ncnc4c3CN(C)CC4)CC2)CC1. The van der Waals surface area contributed by atoms with E-state index in [2.05, 4.69) is 43.7 Å². The smallest absolute Gasteiger partial charge is 0.222 e. The Morgan fingerprint density at radius 3 is 2.48 bits per heavy atom. The van der Waals surface area contributed by atoms with Gasteiger partial charge >= 0.3 is 0 Å². The van der Waals surface area contributed by atoms with E-state index in [-0.39, 0.29) is 0 Å². The van der Waals surface area contributed by atoms with E-state index in [0.717, 1.165) is 77.4 Å². The van der Waals surface area contributed by atoms with E-state index < -0.39 is 0 Å². The van der Waals surface area contributed by atoms with Crippen LogP contribution in [-0.2, 0) is 17.8 Å². The lowest BCUT2D eigenvalue weighted by Gasteiger charge is -2.37. The molecule has 7 heteroatoms. The topological polar surface area (TPSA) is 55.8 Å². The summed E-state index contributed by atoms with van der Waals surface area (Å²) in [5.41, 5.74) is 2.52. The largest absolute Gasteiger partial charge is 0.356 e. The van der Waals surface area contributed by atoms with Crippen molar-refractivity contribution in [3.05, 3.63) is 17.6 Å². The van der Waals surface area contributed by atoms with Crippen molar-refractivity contribution in [3.63, 3.8) is 0 Å². The Labute approximate surface area is 162 Å². The maximum atomic E-state index is 12.6. The third kappa shape index (κ3) is 4.24. The van der Waals surface area contributed by atoms with Gasteiger partial charge in [-0.2, -0.15) is 0 Å². The number of anilines is 1. The van der Waals surface area contributed by atoms with Crippen LogP contribution < -0.4 is 4.90 Å². The van der Waals surface area contributed by atoms with Crippen LogP contribution in [0.5, 0.6) is 0 Å². The summed E-state index contributed by atoms with van der Waals surface area (Å²) in [5.74, 6) is 1.98. The molecule has 27 heavy (non-hydrogen) atoms. The van der Waals surface area contributed by atoms with E-state index in [1.807, 2.05) is 0 Å². The first kappa shape index (κ1) is 18.6. The van der Waals surface area contributed by atoms with Gasteiger partial charge in [-0.1, -0.05) is 0 Å². The van der Waals surface area contributed by atoms with Crippen LogP contribution in [0.3, 0.4) is 0 Å². The average Bonchev–Trinajstić information content (AvgIpc) is 2.68. The Balaban J connectivity index is 1.33. The van der Waals surface area contributed by atoms with Crippen molar-refractivity contribution in [2.24, 2.45) is 5.92 Å². The molecule has 1 aromatic rings. The van der Waals surface area contributed by atoms with Crippen molar-refractivity contribution in [1.82, 2.24) is 24.7 Å². The van der Waals surface area contributed by atoms with Crippen molar-refractivity contribution in [1.29, 1.82) is 0 Å². The van der Waals surface area contributed by atoms with Crippen molar-refractivity contribution in [2.75, 3.05) is 64.8 Å². The maximum Gasteiger partial charge on any atom is 0.222 e. The van der Waals surface area contributed by atoms with Gasteiger partial charge in [-0.25, -0.2) is 9.97 Å². The molecule has 1 amide bonds. The summed E-state index contributed by atoms with van der Waals surface area (Å²) < 4.78 is 0. The third-order valence-electron chi connectivity index (χ3n) is 6.40. The second kappa shape index (κ2) is 8.10. The lowest BCUT2D eigenvalue weighted by atomic mass is 9.92. The monoisotopic (exact) mass is 372 g/mol. The predicted octanol–water partition coefficient (Wildman–Crippen LogP) is 0.845. The molecule has 0 aliphatic carbocycles. The predicted molar refractivity (Wildman–Crippen MR) is 106 cm³/mol. The number of piperidine rings is 1. The number of piperazine rings is 1. The minimum absolute atomic E-state index is 0.350. The molecule has 4 heterocycles. The molecule has 0 aromatic carbocycles. The van der Waals surface area contributed by atoms with Gasteiger partial charge in [0.25, 0.3) is 0 Å². The lowest BCUT2D eigenvalue weighted by molar-refractivity contribution is -0.133. The Morgan fingerprint density at radius 2 is 1.74 bits per heavy atom. The third-order valence-corrected chi connectivity index (χ3v) is 6.40. The van der Waals surface area contributed by atoms with Gasteiger partial charge in [-0.05, 0) is 32.9 Å².